The first-order valence-corrected chi connectivity index (χ1v) is 12.4. The second-order valence-electron chi connectivity index (χ2n) is 9.37. The van der Waals surface area contributed by atoms with Crippen molar-refractivity contribution in [3.63, 3.8) is 0 Å². The zero-order valence-corrected chi connectivity index (χ0v) is 22.8. The Morgan fingerprint density at radius 3 is 2.45 bits per heavy atom. The van der Waals surface area contributed by atoms with Gasteiger partial charge >= 0.3 is 12.1 Å². The fraction of sp³-hybridized carbons (Fsp3) is 0.333. The van der Waals surface area contributed by atoms with Gasteiger partial charge in [-0.05, 0) is 70.5 Å². The van der Waals surface area contributed by atoms with Crippen LogP contribution in [-0.2, 0) is 20.9 Å². The number of esters is 1. The van der Waals surface area contributed by atoms with Crippen LogP contribution < -0.4 is 21.1 Å². The first kappa shape index (κ1) is 28.5. The van der Waals surface area contributed by atoms with E-state index >= 15 is 0 Å². The number of hydrogen-bond acceptors (Lipinski definition) is 9. The Balaban J connectivity index is 1.63. The molecule has 1 aromatic heterocycles. The Labute approximate surface area is 226 Å². The first-order valence-electron chi connectivity index (χ1n) is 12.0. The van der Waals surface area contributed by atoms with Gasteiger partial charge in [-0.25, -0.2) is 14.6 Å². The Kier molecular flexibility index (Phi) is 9.35. The number of nitrogen functional groups attached to an aromatic ring is 1. The van der Waals surface area contributed by atoms with Crippen LogP contribution in [0.5, 0.6) is 5.75 Å². The first-order chi connectivity index (χ1) is 17.9. The van der Waals surface area contributed by atoms with Crippen molar-refractivity contribution < 1.29 is 23.8 Å². The number of nitrogens with one attached hydrogen (secondary N) is 2. The van der Waals surface area contributed by atoms with Crippen molar-refractivity contribution >= 4 is 41.1 Å². The number of anilines is 3. The average Bonchev–Trinajstić information content (AvgIpc) is 2.83. The summed E-state index contributed by atoms with van der Waals surface area (Å²) in [4.78, 5) is 32.7. The van der Waals surface area contributed by atoms with Crippen molar-refractivity contribution in [2.24, 2.45) is 0 Å². The summed E-state index contributed by atoms with van der Waals surface area (Å²) in [6.45, 7) is 9.17. The average molecular weight is 542 g/mol. The third kappa shape index (κ3) is 8.52. The molecule has 0 aliphatic carbocycles. The van der Waals surface area contributed by atoms with Gasteiger partial charge in [-0.15, -0.1) is 0 Å². The van der Waals surface area contributed by atoms with Crippen LogP contribution >= 0.6 is 11.6 Å². The standard InChI is InChI=1S/C27H32ClN5O5/c1-6-36-22-12-9-18(28)13-20(22)21-14-23(33-25(29)32-21)31-19-10-7-17(8-11-19)15-37-24(34)16(2)30-26(35)38-27(3,4)5/h7-14,16H,6,15H2,1-5H3,(H,30,35)(H3,29,31,32,33). The summed E-state index contributed by atoms with van der Waals surface area (Å²) >= 11 is 6.20. The van der Waals surface area contributed by atoms with Crippen molar-refractivity contribution in [2.45, 2.75) is 52.9 Å². The number of hydrogen-bond donors (Lipinski definition) is 3. The SMILES string of the molecule is CCOc1ccc(Cl)cc1-c1cc(Nc2ccc(COC(=O)C(C)NC(=O)OC(C)(C)C)cc2)nc(N)n1. The predicted octanol–water partition coefficient (Wildman–Crippen LogP) is 5.48. The lowest BCUT2D eigenvalue weighted by molar-refractivity contribution is -0.147. The zero-order valence-electron chi connectivity index (χ0n) is 22.0. The van der Waals surface area contributed by atoms with E-state index in [0.717, 1.165) is 11.3 Å². The van der Waals surface area contributed by atoms with E-state index in [0.29, 0.717) is 34.5 Å². The highest BCUT2D eigenvalue weighted by Gasteiger charge is 2.22. The molecular formula is C27H32ClN5O5. The fourth-order valence-corrected chi connectivity index (χ4v) is 3.48. The number of carbonyl (C=O) groups excluding carboxylic acids is 2. The van der Waals surface area contributed by atoms with Gasteiger partial charge in [0.1, 0.15) is 29.8 Å². The maximum absolute atomic E-state index is 12.2. The molecule has 3 rings (SSSR count). The molecule has 2 aromatic carbocycles. The molecule has 4 N–H and O–H groups in total. The molecule has 1 unspecified atom stereocenters. The van der Waals surface area contributed by atoms with Crippen LogP contribution in [0, 0.1) is 0 Å². The number of nitrogens with two attached hydrogens (primary N) is 1. The molecule has 1 amide bonds. The highest BCUT2D eigenvalue weighted by molar-refractivity contribution is 6.31. The van der Waals surface area contributed by atoms with Crippen LogP contribution in [0.4, 0.5) is 22.2 Å². The molecule has 0 bridgehead atoms. The van der Waals surface area contributed by atoms with E-state index in [2.05, 4.69) is 20.6 Å². The second kappa shape index (κ2) is 12.5. The minimum absolute atomic E-state index is 0.0407. The van der Waals surface area contributed by atoms with E-state index in [1.54, 1.807) is 57.2 Å². The highest BCUT2D eigenvalue weighted by atomic mass is 35.5. The summed E-state index contributed by atoms with van der Waals surface area (Å²) < 4.78 is 16.2. The Morgan fingerprint density at radius 1 is 1.08 bits per heavy atom. The highest BCUT2D eigenvalue weighted by Crippen LogP contribution is 2.33. The number of amides is 1. The molecule has 38 heavy (non-hydrogen) atoms. The maximum Gasteiger partial charge on any atom is 0.408 e. The van der Waals surface area contributed by atoms with Gasteiger partial charge in [0.25, 0.3) is 0 Å². The summed E-state index contributed by atoms with van der Waals surface area (Å²) in [6, 6.07) is 13.4. The number of halogens is 1. The molecule has 0 saturated heterocycles. The molecule has 1 heterocycles. The normalized spacial score (nSPS) is 11.8. The van der Waals surface area contributed by atoms with E-state index in [9.17, 15) is 9.59 Å². The van der Waals surface area contributed by atoms with Crippen molar-refractivity contribution in [1.29, 1.82) is 0 Å². The lowest BCUT2D eigenvalue weighted by Crippen LogP contribution is -2.42. The number of carbonyl (C=O) groups is 2. The van der Waals surface area contributed by atoms with Gasteiger partial charge in [0, 0.05) is 22.3 Å². The summed E-state index contributed by atoms with van der Waals surface area (Å²) in [6.07, 6.45) is -0.685. The lowest BCUT2D eigenvalue weighted by atomic mass is 10.1. The number of alkyl carbamates (subject to hydrolysis) is 1. The number of ether oxygens (including phenoxy) is 3. The minimum atomic E-state index is -0.856. The van der Waals surface area contributed by atoms with Gasteiger partial charge in [-0.2, -0.15) is 4.98 Å². The Morgan fingerprint density at radius 2 is 1.79 bits per heavy atom. The van der Waals surface area contributed by atoms with Crippen molar-refractivity contribution in [3.05, 3.63) is 59.1 Å². The quantitative estimate of drug-likeness (QED) is 0.301. The van der Waals surface area contributed by atoms with Crippen molar-refractivity contribution in [1.82, 2.24) is 15.3 Å². The lowest BCUT2D eigenvalue weighted by Gasteiger charge is -2.21. The third-order valence-electron chi connectivity index (χ3n) is 4.96. The van der Waals surface area contributed by atoms with E-state index in [1.807, 2.05) is 19.1 Å². The topological polar surface area (TPSA) is 138 Å². The number of nitrogens with zero attached hydrogens (tertiary/aromatic N) is 2. The molecule has 0 radical (unpaired) electrons. The summed E-state index contributed by atoms with van der Waals surface area (Å²) in [5.74, 6) is 0.631. The van der Waals surface area contributed by atoms with Crippen LogP contribution in [-0.4, -0.2) is 40.3 Å². The predicted molar refractivity (Wildman–Crippen MR) is 146 cm³/mol. The molecule has 3 aromatic rings. The van der Waals surface area contributed by atoms with Crippen LogP contribution in [0.15, 0.2) is 48.5 Å². The van der Waals surface area contributed by atoms with Gasteiger partial charge in [-0.3, -0.25) is 0 Å². The molecule has 0 aliphatic heterocycles. The maximum atomic E-state index is 12.2. The monoisotopic (exact) mass is 541 g/mol. The second-order valence-corrected chi connectivity index (χ2v) is 9.80. The smallest absolute Gasteiger partial charge is 0.408 e. The molecule has 202 valence electrons. The molecule has 0 saturated carbocycles. The van der Waals surface area contributed by atoms with Gasteiger partial charge in [0.05, 0.1) is 12.3 Å². The van der Waals surface area contributed by atoms with E-state index < -0.39 is 23.7 Å². The van der Waals surface area contributed by atoms with Crippen LogP contribution in [0.25, 0.3) is 11.3 Å². The molecule has 0 spiro atoms. The van der Waals surface area contributed by atoms with Crippen LogP contribution in [0.1, 0.15) is 40.2 Å². The third-order valence-corrected chi connectivity index (χ3v) is 5.19. The molecule has 10 nitrogen and oxygen atoms in total. The number of benzene rings is 2. The molecular weight excluding hydrogens is 510 g/mol. The van der Waals surface area contributed by atoms with E-state index in [4.69, 9.17) is 31.5 Å². The van der Waals surface area contributed by atoms with E-state index in [-0.39, 0.29) is 12.6 Å². The van der Waals surface area contributed by atoms with Gasteiger partial charge in [-0.1, -0.05) is 23.7 Å². The zero-order chi connectivity index (χ0) is 27.9. The molecule has 0 aliphatic rings. The molecule has 0 fully saturated rings. The van der Waals surface area contributed by atoms with Gasteiger partial charge < -0.3 is 30.6 Å². The van der Waals surface area contributed by atoms with Crippen molar-refractivity contribution in [3.8, 4) is 17.0 Å². The van der Waals surface area contributed by atoms with Gasteiger partial charge in [0.2, 0.25) is 5.95 Å². The molecule has 1 atom stereocenters. The largest absolute Gasteiger partial charge is 0.493 e. The summed E-state index contributed by atoms with van der Waals surface area (Å²) in [5.41, 5.74) is 8.06. The summed E-state index contributed by atoms with van der Waals surface area (Å²) in [5, 5.41) is 6.20. The van der Waals surface area contributed by atoms with Crippen LogP contribution in [0.3, 0.4) is 0 Å². The molecule has 11 heteroatoms. The van der Waals surface area contributed by atoms with Gasteiger partial charge in [0.15, 0.2) is 0 Å². The summed E-state index contributed by atoms with van der Waals surface area (Å²) in [7, 11) is 0. The fourth-order valence-electron chi connectivity index (χ4n) is 3.31. The minimum Gasteiger partial charge on any atom is -0.493 e. The number of rotatable bonds is 9. The Hall–Kier alpha value is -4.05. The number of aromatic nitrogens is 2. The van der Waals surface area contributed by atoms with E-state index in [1.165, 1.54) is 6.92 Å². The van der Waals surface area contributed by atoms with Crippen LogP contribution in [0.2, 0.25) is 5.02 Å². The van der Waals surface area contributed by atoms with Crippen molar-refractivity contribution in [2.75, 3.05) is 17.7 Å². The Bertz CT molecular complexity index is 1280.